The molecule has 3 aromatic rings. The lowest BCUT2D eigenvalue weighted by molar-refractivity contribution is -0.122. The second-order valence-electron chi connectivity index (χ2n) is 9.49. The summed E-state index contributed by atoms with van der Waals surface area (Å²) in [5.74, 6) is -1.58. The average Bonchev–Trinajstić information content (AvgIpc) is 3.32. The molecule has 1 saturated heterocycles. The maximum atomic E-state index is 14.3. The van der Waals surface area contributed by atoms with Crippen LogP contribution in [0.4, 0.5) is 11.4 Å². The molecule has 1 N–H and O–H groups in total. The molecule has 3 heterocycles. The number of carbonyl (C=O) groups excluding carboxylic acids is 3. The Bertz CT molecular complexity index is 1440. The van der Waals surface area contributed by atoms with E-state index in [2.05, 4.69) is 11.4 Å². The number of rotatable bonds is 3. The molecule has 0 unspecified atom stereocenters. The third kappa shape index (κ3) is 2.85. The zero-order valence-corrected chi connectivity index (χ0v) is 20.0. The minimum absolute atomic E-state index is 0.154. The number of Topliss-reactive ketones (excluding diaryl/α,β-unsaturated/α-hetero) is 2. The molecule has 1 amide bonds. The Morgan fingerprint density at radius 3 is 2.40 bits per heavy atom. The summed E-state index contributed by atoms with van der Waals surface area (Å²) in [6.07, 6.45) is 2.05. The third-order valence-electron chi connectivity index (χ3n) is 7.71. The van der Waals surface area contributed by atoms with Gasteiger partial charge in [-0.1, -0.05) is 54.1 Å². The summed E-state index contributed by atoms with van der Waals surface area (Å²) < 4.78 is 0. The SMILES string of the molecule is CC(=O)[C@@H]1[C@@H](C(=O)c2ccc(Cl)cc2)[C@]2(C(=O)Nc3ccccc32)[C@H]2C=C(C)c3ccccc3N12. The van der Waals surface area contributed by atoms with E-state index in [-0.39, 0.29) is 17.5 Å². The molecule has 3 aliphatic rings. The van der Waals surface area contributed by atoms with E-state index >= 15 is 0 Å². The van der Waals surface area contributed by atoms with Crippen molar-refractivity contribution < 1.29 is 14.4 Å². The fourth-order valence-electron chi connectivity index (χ4n) is 6.33. The third-order valence-corrected chi connectivity index (χ3v) is 7.96. The van der Waals surface area contributed by atoms with Gasteiger partial charge in [0.05, 0.1) is 18.0 Å². The zero-order chi connectivity index (χ0) is 24.5. The molecular weight excluding hydrogens is 460 g/mol. The van der Waals surface area contributed by atoms with Crippen LogP contribution >= 0.6 is 11.6 Å². The predicted molar refractivity (Wildman–Crippen MR) is 137 cm³/mol. The smallest absolute Gasteiger partial charge is 0.238 e. The maximum absolute atomic E-state index is 14.3. The summed E-state index contributed by atoms with van der Waals surface area (Å²) in [5.41, 5.74) is 3.46. The highest BCUT2D eigenvalue weighted by molar-refractivity contribution is 6.30. The molecule has 1 spiro atoms. The number of amides is 1. The van der Waals surface area contributed by atoms with Crippen LogP contribution in [-0.2, 0) is 15.0 Å². The molecule has 174 valence electrons. The first-order chi connectivity index (χ1) is 16.9. The highest BCUT2D eigenvalue weighted by Crippen LogP contribution is 2.58. The molecule has 3 aliphatic heterocycles. The Labute approximate surface area is 208 Å². The van der Waals surface area contributed by atoms with E-state index in [1.54, 1.807) is 24.3 Å². The van der Waals surface area contributed by atoms with Crippen molar-refractivity contribution in [3.8, 4) is 0 Å². The largest absolute Gasteiger partial charge is 0.352 e. The molecule has 0 aromatic heterocycles. The lowest BCUT2D eigenvalue weighted by atomic mass is 9.64. The molecule has 6 rings (SSSR count). The minimum atomic E-state index is -1.27. The molecule has 35 heavy (non-hydrogen) atoms. The van der Waals surface area contributed by atoms with Crippen molar-refractivity contribution in [1.29, 1.82) is 0 Å². The Hall–Kier alpha value is -3.70. The van der Waals surface area contributed by atoms with E-state index < -0.39 is 23.4 Å². The number of allylic oxidation sites excluding steroid dienone is 1. The van der Waals surface area contributed by atoms with Gasteiger partial charge in [-0.05, 0) is 61.4 Å². The number of hydrogen-bond donors (Lipinski definition) is 1. The van der Waals surface area contributed by atoms with Crippen molar-refractivity contribution in [2.24, 2.45) is 5.92 Å². The van der Waals surface area contributed by atoms with Gasteiger partial charge in [-0.25, -0.2) is 0 Å². The van der Waals surface area contributed by atoms with Gasteiger partial charge >= 0.3 is 0 Å². The van der Waals surface area contributed by atoms with Crippen molar-refractivity contribution in [2.45, 2.75) is 31.3 Å². The van der Waals surface area contributed by atoms with Crippen LogP contribution in [0, 0.1) is 5.92 Å². The molecule has 0 radical (unpaired) electrons. The minimum Gasteiger partial charge on any atom is -0.352 e. The van der Waals surface area contributed by atoms with Crippen LogP contribution in [0.5, 0.6) is 0 Å². The van der Waals surface area contributed by atoms with E-state index in [1.165, 1.54) is 6.92 Å². The van der Waals surface area contributed by atoms with Crippen LogP contribution in [0.25, 0.3) is 5.57 Å². The fourth-order valence-corrected chi connectivity index (χ4v) is 6.46. The monoisotopic (exact) mass is 482 g/mol. The van der Waals surface area contributed by atoms with Crippen molar-refractivity contribution in [3.63, 3.8) is 0 Å². The van der Waals surface area contributed by atoms with Gasteiger partial charge in [0.15, 0.2) is 11.6 Å². The molecular formula is C29H23ClN2O3. The maximum Gasteiger partial charge on any atom is 0.238 e. The second kappa shape index (κ2) is 7.65. The number of anilines is 2. The summed E-state index contributed by atoms with van der Waals surface area (Å²) in [7, 11) is 0. The molecule has 0 aliphatic carbocycles. The van der Waals surface area contributed by atoms with Gasteiger partial charge in [-0.2, -0.15) is 0 Å². The molecule has 1 fully saturated rings. The topological polar surface area (TPSA) is 66.5 Å². The quantitative estimate of drug-likeness (QED) is 0.515. The zero-order valence-electron chi connectivity index (χ0n) is 19.3. The van der Waals surface area contributed by atoms with Gasteiger partial charge in [-0.15, -0.1) is 0 Å². The van der Waals surface area contributed by atoms with Crippen molar-refractivity contribution in [1.82, 2.24) is 0 Å². The lowest BCUT2D eigenvalue weighted by Gasteiger charge is -2.39. The van der Waals surface area contributed by atoms with Crippen LogP contribution in [0.2, 0.25) is 5.02 Å². The molecule has 0 saturated carbocycles. The number of carbonyl (C=O) groups is 3. The van der Waals surface area contributed by atoms with Crippen LogP contribution < -0.4 is 10.2 Å². The second-order valence-corrected chi connectivity index (χ2v) is 9.93. The van der Waals surface area contributed by atoms with Gasteiger partial charge in [0.25, 0.3) is 0 Å². The van der Waals surface area contributed by atoms with E-state index in [0.717, 1.165) is 22.4 Å². The number of nitrogens with zero attached hydrogens (tertiary/aromatic N) is 1. The average molecular weight is 483 g/mol. The lowest BCUT2D eigenvalue weighted by Crippen LogP contribution is -2.51. The standard InChI is InChI=1S/C29H23ClN2O3/c1-16-15-24-29(21-8-4-5-9-22(21)31-28(29)35)25(27(34)18-11-13-19(30)14-12-18)26(17(2)33)32(24)23-10-6-3-7-20(16)23/h3-15,24-26H,1-2H3,(H,31,35)/t24-,25+,26-,29-/m1/s1. The first-order valence-corrected chi connectivity index (χ1v) is 12.0. The summed E-state index contributed by atoms with van der Waals surface area (Å²) >= 11 is 6.09. The number of benzene rings is 3. The first-order valence-electron chi connectivity index (χ1n) is 11.6. The van der Waals surface area contributed by atoms with Gasteiger partial charge in [0.1, 0.15) is 5.41 Å². The van der Waals surface area contributed by atoms with E-state index in [4.69, 9.17) is 11.6 Å². The molecule has 5 nitrogen and oxygen atoms in total. The fraction of sp³-hybridized carbons (Fsp3) is 0.207. The number of ketones is 2. The van der Waals surface area contributed by atoms with Crippen LogP contribution in [0.15, 0.2) is 78.9 Å². The number of nitrogens with one attached hydrogen (secondary N) is 1. The van der Waals surface area contributed by atoms with Gasteiger partial charge in [0.2, 0.25) is 5.91 Å². The van der Waals surface area contributed by atoms with Gasteiger partial charge in [-0.3, -0.25) is 14.4 Å². The number of para-hydroxylation sites is 2. The number of fused-ring (bicyclic) bond motifs is 6. The van der Waals surface area contributed by atoms with Crippen LogP contribution in [-0.4, -0.2) is 29.6 Å². The Morgan fingerprint density at radius 2 is 1.66 bits per heavy atom. The Kier molecular flexibility index (Phi) is 4.77. The van der Waals surface area contributed by atoms with Crippen LogP contribution in [0.1, 0.15) is 35.3 Å². The van der Waals surface area contributed by atoms with E-state index in [1.807, 2.05) is 60.4 Å². The first kappa shape index (κ1) is 21.8. The molecule has 4 atom stereocenters. The summed E-state index contributed by atoms with van der Waals surface area (Å²) in [6.45, 7) is 3.52. The van der Waals surface area contributed by atoms with Crippen molar-refractivity contribution in [3.05, 3.63) is 101 Å². The highest BCUT2D eigenvalue weighted by atomic mass is 35.5. The molecule has 6 heteroatoms. The van der Waals surface area contributed by atoms with Crippen molar-refractivity contribution in [2.75, 3.05) is 10.2 Å². The van der Waals surface area contributed by atoms with E-state index in [9.17, 15) is 14.4 Å². The van der Waals surface area contributed by atoms with Gasteiger partial charge in [0, 0.05) is 27.5 Å². The van der Waals surface area contributed by atoms with Crippen molar-refractivity contribution >= 4 is 46.0 Å². The number of hydrogen-bond acceptors (Lipinski definition) is 4. The Morgan fingerprint density at radius 1 is 0.971 bits per heavy atom. The summed E-state index contributed by atoms with van der Waals surface area (Å²) in [5, 5.41) is 3.54. The predicted octanol–water partition coefficient (Wildman–Crippen LogP) is 5.29. The summed E-state index contributed by atoms with van der Waals surface area (Å²) in [6, 6.07) is 20.7. The molecule has 3 aromatic carbocycles. The normalized spacial score (nSPS) is 26.0. The summed E-state index contributed by atoms with van der Waals surface area (Å²) in [4.78, 5) is 43.7. The highest BCUT2D eigenvalue weighted by Gasteiger charge is 2.70. The number of halogens is 1. The Balaban J connectivity index is 1.68. The van der Waals surface area contributed by atoms with Crippen LogP contribution in [0.3, 0.4) is 0 Å². The molecule has 0 bridgehead atoms. The van der Waals surface area contributed by atoms with Gasteiger partial charge < -0.3 is 10.2 Å². The van der Waals surface area contributed by atoms with E-state index in [0.29, 0.717) is 16.3 Å².